The van der Waals surface area contributed by atoms with Crippen LogP contribution >= 0.6 is 23.2 Å². The number of hydrogen-bond acceptors (Lipinski definition) is 4. The molecule has 88 valence electrons. The highest BCUT2D eigenvalue weighted by Crippen LogP contribution is 2.15. The molecule has 2 aromatic heterocycles. The number of halogens is 2. The first-order valence-corrected chi connectivity index (χ1v) is 5.38. The third kappa shape index (κ3) is 2.95. The molecule has 0 aromatic carbocycles. The Balaban J connectivity index is 2.18. The highest BCUT2D eigenvalue weighted by molar-refractivity contribution is 6.32. The molecule has 0 fully saturated rings. The zero-order chi connectivity index (χ0) is 12.4. The molecule has 2 rings (SSSR count). The fraction of sp³-hybridized carbons (Fsp3) is 0.100. The number of hydrogen-bond donors (Lipinski definition) is 1. The van der Waals surface area contributed by atoms with Crippen molar-refractivity contribution in [3.05, 3.63) is 40.2 Å². The fourth-order valence-corrected chi connectivity index (χ4v) is 1.60. The Morgan fingerprint density at radius 1 is 1.35 bits per heavy atom. The number of amides is 1. The van der Waals surface area contributed by atoms with Crippen LogP contribution in [0, 0.1) is 6.92 Å². The molecular weight excluding hydrogens is 265 g/mol. The third-order valence-corrected chi connectivity index (χ3v) is 2.24. The number of furan rings is 1. The monoisotopic (exact) mass is 271 g/mol. The average Bonchev–Trinajstić information content (AvgIpc) is 2.63. The van der Waals surface area contributed by atoms with Crippen LogP contribution in [0.25, 0.3) is 0 Å². The maximum atomic E-state index is 11.7. The minimum Gasteiger partial charge on any atom is -0.456 e. The molecule has 2 aromatic rings. The van der Waals surface area contributed by atoms with Crippen molar-refractivity contribution in [1.29, 1.82) is 0 Å². The molecule has 0 unspecified atom stereocenters. The summed E-state index contributed by atoms with van der Waals surface area (Å²) in [5.74, 6) is 0.625. The summed E-state index contributed by atoms with van der Waals surface area (Å²) in [6.45, 7) is 1.75. The predicted octanol–water partition coefficient (Wildman–Crippen LogP) is 2.94. The maximum Gasteiger partial charge on any atom is 0.292 e. The summed E-state index contributed by atoms with van der Waals surface area (Å²) >= 11 is 11.3. The van der Waals surface area contributed by atoms with Gasteiger partial charge in [0, 0.05) is 6.07 Å². The van der Waals surface area contributed by atoms with E-state index in [9.17, 15) is 4.79 Å². The lowest BCUT2D eigenvalue weighted by Gasteiger charge is -2.02. The van der Waals surface area contributed by atoms with E-state index in [1.807, 2.05) is 0 Å². The maximum absolute atomic E-state index is 11.7. The zero-order valence-electron chi connectivity index (χ0n) is 8.70. The van der Waals surface area contributed by atoms with E-state index in [0.29, 0.717) is 5.76 Å². The Kier molecular flexibility index (Phi) is 3.31. The van der Waals surface area contributed by atoms with Crippen LogP contribution in [-0.2, 0) is 0 Å². The first-order valence-electron chi connectivity index (χ1n) is 4.62. The fourth-order valence-electron chi connectivity index (χ4n) is 1.19. The second kappa shape index (κ2) is 4.73. The van der Waals surface area contributed by atoms with Gasteiger partial charge in [0.05, 0.1) is 0 Å². The number of anilines is 1. The molecule has 0 aliphatic carbocycles. The SMILES string of the molecule is Cc1ccc(C(=O)Nc2cc(Cl)nc(Cl)n2)o1. The molecule has 1 amide bonds. The summed E-state index contributed by atoms with van der Waals surface area (Å²) in [5, 5.41) is 2.61. The standard InChI is InChI=1S/C10H7Cl2N3O2/c1-5-2-3-6(17-5)9(16)14-8-4-7(11)13-10(12)15-8/h2-4H,1H3,(H,13,14,15,16). The van der Waals surface area contributed by atoms with Crippen molar-refractivity contribution in [1.82, 2.24) is 9.97 Å². The van der Waals surface area contributed by atoms with Crippen molar-refractivity contribution in [3.63, 3.8) is 0 Å². The number of nitrogens with one attached hydrogen (secondary N) is 1. The van der Waals surface area contributed by atoms with Crippen LogP contribution in [0.15, 0.2) is 22.6 Å². The van der Waals surface area contributed by atoms with Gasteiger partial charge in [-0.2, -0.15) is 0 Å². The van der Waals surface area contributed by atoms with Crippen molar-refractivity contribution < 1.29 is 9.21 Å². The summed E-state index contributed by atoms with van der Waals surface area (Å²) in [5.41, 5.74) is 0. The second-order valence-corrected chi connectivity index (χ2v) is 3.93. The van der Waals surface area contributed by atoms with Gasteiger partial charge < -0.3 is 9.73 Å². The Hall–Kier alpha value is -1.59. The topological polar surface area (TPSA) is 68.0 Å². The zero-order valence-corrected chi connectivity index (χ0v) is 10.2. The van der Waals surface area contributed by atoms with Crippen molar-refractivity contribution >= 4 is 34.9 Å². The van der Waals surface area contributed by atoms with Gasteiger partial charge in [-0.1, -0.05) is 11.6 Å². The van der Waals surface area contributed by atoms with Gasteiger partial charge in [-0.05, 0) is 30.7 Å². The highest BCUT2D eigenvalue weighted by atomic mass is 35.5. The normalized spacial score (nSPS) is 10.3. The minimum absolute atomic E-state index is 0.0385. The number of aromatic nitrogens is 2. The number of carbonyl (C=O) groups excluding carboxylic acids is 1. The average molecular weight is 272 g/mol. The van der Waals surface area contributed by atoms with Gasteiger partial charge >= 0.3 is 0 Å². The number of aryl methyl sites for hydroxylation is 1. The molecule has 2 heterocycles. The number of nitrogens with zero attached hydrogens (tertiary/aromatic N) is 2. The number of rotatable bonds is 2. The molecule has 0 bridgehead atoms. The molecule has 0 radical (unpaired) electrons. The smallest absolute Gasteiger partial charge is 0.292 e. The number of carbonyl (C=O) groups is 1. The lowest BCUT2D eigenvalue weighted by molar-refractivity contribution is 0.0995. The Bertz CT molecular complexity index is 548. The Morgan fingerprint density at radius 2 is 2.12 bits per heavy atom. The summed E-state index contributed by atoms with van der Waals surface area (Å²) in [6, 6.07) is 4.64. The molecule has 0 spiro atoms. The summed E-state index contributed by atoms with van der Waals surface area (Å²) in [7, 11) is 0. The Morgan fingerprint density at radius 3 is 2.71 bits per heavy atom. The van der Waals surface area contributed by atoms with Gasteiger partial charge in [0.2, 0.25) is 5.28 Å². The molecule has 0 saturated heterocycles. The van der Waals surface area contributed by atoms with Gasteiger partial charge in [-0.15, -0.1) is 0 Å². The van der Waals surface area contributed by atoms with Crippen molar-refractivity contribution in [2.45, 2.75) is 6.92 Å². The van der Waals surface area contributed by atoms with Gasteiger partial charge in [-0.3, -0.25) is 4.79 Å². The molecular formula is C10H7Cl2N3O2. The van der Waals surface area contributed by atoms with Gasteiger partial charge in [0.1, 0.15) is 16.7 Å². The van der Waals surface area contributed by atoms with Crippen LogP contribution in [0.1, 0.15) is 16.3 Å². The first-order chi connectivity index (χ1) is 8.04. The van der Waals surface area contributed by atoms with Gasteiger partial charge in [-0.25, -0.2) is 9.97 Å². The third-order valence-electron chi connectivity index (χ3n) is 1.87. The molecule has 0 atom stereocenters. The first kappa shape index (κ1) is 11.9. The molecule has 1 N–H and O–H groups in total. The predicted molar refractivity (Wildman–Crippen MR) is 63.5 cm³/mol. The van der Waals surface area contributed by atoms with E-state index in [1.165, 1.54) is 6.07 Å². The van der Waals surface area contributed by atoms with E-state index in [2.05, 4.69) is 15.3 Å². The molecule has 7 heteroatoms. The quantitative estimate of drug-likeness (QED) is 0.674. The van der Waals surface area contributed by atoms with E-state index in [0.717, 1.165) is 0 Å². The van der Waals surface area contributed by atoms with Gasteiger partial charge in [0.15, 0.2) is 5.76 Å². The van der Waals surface area contributed by atoms with Crippen molar-refractivity contribution in [3.8, 4) is 0 Å². The molecule has 17 heavy (non-hydrogen) atoms. The molecule has 5 nitrogen and oxygen atoms in total. The second-order valence-electron chi connectivity index (χ2n) is 3.21. The van der Waals surface area contributed by atoms with E-state index in [4.69, 9.17) is 27.6 Å². The molecule has 0 saturated carbocycles. The van der Waals surface area contributed by atoms with Crippen LogP contribution in [0.2, 0.25) is 10.4 Å². The molecule has 0 aliphatic rings. The highest BCUT2D eigenvalue weighted by Gasteiger charge is 2.11. The van der Waals surface area contributed by atoms with E-state index in [1.54, 1.807) is 19.1 Å². The summed E-state index contributed by atoms with van der Waals surface area (Å²) in [6.07, 6.45) is 0. The van der Waals surface area contributed by atoms with Crippen molar-refractivity contribution in [2.24, 2.45) is 0 Å². The van der Waals surface area contributed by atoms with E-state index < -0.39 is 5.91 Å². The van der Waals surface area contributed by atoms with Crippen LogP contribution in [0.4, 0.5) is 5.82 Å². The van der Waals surface area contributed by atoms with Crippen LogP contribution in [-0.4, -0.2) is 15.9 Å². The van der Waals surface area contributed by atoms with E-state index in [-0.39, 0.29) is 22.0 Å². The summed E-state index contributed by atoms with van der Waals surface area (Å²) in [4.78, 5) is 19.2. The van der Waals surface area contributed by atoms with Crippen LogP contribution in [0.3, 0.4) is 0 Å². The molecule has 0 aliphatic heterocycles. The van der Waals surface area contributed by atoms with E-state index >= 15 is 0 Å². The lowest BCUT2D eigenvalue weighted by atomic mass is 10.4. The van der Waals surface area contributed by atoms with Crippen molar-refractivity contribution in [2.75, 3.05) is 5.32 Å². The van der Waals surface area contributed by atoms with Gasteiger partial charge in [0.25, 0.3) is 5.91 Å². The van der Waals surface area contributed by atoms with Crippen LogP contribution < -0.4 is 5.32 Å². The largest absolute Gasteiger partial charge is 0.456 e. The summed E-state index contributed by atoms with van der Waals surface area (Å²) < 4.78 is 5.16. The lowest BCUT2D eigenvalue weighted by Crippen LogP contribution is -2.12. The minimum atomic E-state index is -0.427. The Labute approximate surface area is 107 Å². The van der Waals surface area contributed by atoms with Crippen LogP contribution in [0.5, 0.6) is 0 Å².